The van der Waals surface area contributed by atoms with Gasteiger partial charge in [0.05, 0.1) is 32.4 Å². The number of thiophene rings is 1. The van der Waals surface area contributed by atoms with Crippen LogP contribution < -0.4 is 20.4 Å². The van der Waals surface area contributed by atoms with Crippen LogP contribution in [-0.4, -0.2) is 63.0 Å². The number of aldehydes is 1. The number of aromatic nitrogens is 1. The van der Waals surface area contributed by atoms with Crippen molar-refractivity contribution in [2.45, 2.75) is 19.3 Å². The van der Waals surface area contributed by atoms with E-state index in [0.29, 0.717) is 45.6 Å². The SMILES string of the molecule is CN1CCc2cc(C(=O)Nc3c(F)cccc3Cl)sc2-c2c1cc(F)c(F)c2F.O=Cc1ccc(NC(=O)c2cccnc2N2CC3(CCOCC3)C2)cc1. The van der Waals surface area contributed by atoms with Crippen molar-refractivity contribution < 1.29 is 36.7 Å². The van der Waals surface area contributed by atoms with Crippen LogP contribution in [0.4, 0.5) is 40.4 Å². The van der Waals surface area contributed by atoms with Gasteiger partial charge < -0.3 is 25.2 Å². The third-order valence-electron chi connectivity index (χ3n) is 9.97. The number of benzene rings is 3. The number of ether oxygens (including phenoxy) is 1. The fourth-order valence-electron chi connectivity index (χ4n) is 6.94. The molecular weight excluding hydrogens is 758 g/mol. The van der Waals surface area contributed by atoms with Crippen LogP contribution in [0.1, 0.15) is 48.8 Å². The van der Waals surface area contributed by atoms with Gasteiger partial charge in [-0.05, 0) is 79.4 Å². The third-order valence-corrected chi connectivity index (χ3v) is 11.5. The van der Waals surface area contributed by atoms with Crippen LogP contribution in [0.15, 0.2) is 72.9 Å². The summed E-state index contributed by atoms with van der Waals surface area (Å²) in [6, 6.07) is 16.9. The summed E-state index contributed by atoms with van der Waals surface area (Å²) < 4.78 is 61.7. The molecule has 2 aromatic heterocycles. The molecule has 2 N–H and O–H groups in total. The Kier molecular flexibility index (Phi) is 10.9. The van der Waals surface area contributed by atoms with Gasteiger partial charge in [0.25, 0.3) is 11.8 Å². The van der Waals surface area contributed by atoms with E-state index in [0.717, 1.165) is 74.7 Å². The van der Waals surface area contributed by atoms with Crippen molar-refractivity contribution in [3.63, 3.8) is 0 Å². The fraction of sp³-hybridized carbons (Fsp3) is 0.250. The van der Waals surface area contributed by atoms with E-state index in [1.165, 1.54) is 12.1 Å². The maximum atomic E-state index is 14.6. The van der Waals surface area contributed by atoms with E-state index in [4.69, 9.17) is 16.3 Å². The number of halogens is 5. The molecule has 8 rings (SSSR count). The zero-order valence-corrected chi connectivity index (χ0v) is 31.0. The quantitative estimate of drug-likeness (QED) is 0.101. The number of nitrogens with one attached hydrogen (secondary N) is 2. The minimum absolute atomic E-state index is 0.0343. The number of likely N-dealkylation sites (N-methyl/N-ethyl adjacent to an activating group) is 1. The molecule has 9 nitrogen and oxygen atoms in total. The van der Waals surface area contributed by atoms with Gasteiger partial charge in [-0.2, -0.15) is 0 Å². The van der Waals surface area contributed by atoms with E-state index in [9.17, 15) is 31.9 Å². The molecule has 0 saturated carbocycles. The minimum atomic E-state index is -1.57. The summed E-state index contributed by atoms with van der Waals surface area (Å²) in [6.07, 6.45) is 5.08. The Balaban J connectivity index is 0.000000170. The van der Waals surface area contributed by atoms with Crippen molar-refractivity contribution in [3.05, 3.63) is 123 Å². The second-order valence-corrected chi connectivity index (χ2v) is 15.1. The number of anilines is 4. The number of carbonyl (C=O) groups excluding carboxylic acids is 3. The normalized spacial score (nSPS) is 15.5. The predicted molar refractivity (Wildman–Crippen MR) is 205 cm³/mol. The van der Waals surface area contributed by atoms with Gasteiger partial charge in [0.2, 0.25) is 0 Å². The second-order valence-electron chi connectivity index (χ2n) is 13.6. The topological polar surface area (TPSA) is 104 Å². The summed E-state index contributed by atoms with van der Waals surface area (Å²) in [5.41, 5.74) is 2.67. The lowest BCUT2D eigenvalue weighted by Gasteiger charge is -2.53. The van der Waals surface area contributed by atoms with Gasteiger partial charge in [0, 0.05) is 73.7 Å². The van der Waals surface area contributed by atoms with Crippen LogP contribution in [0.2, 0.25) is 5.02 Å². The molecule has 3 aliphatic rings. The van der Waals surface area contributed by atoms with Crippen molar-refractivity contribution >= 4 is 63.9 Å². The van der Waals surface area contributed by atoms with Gasteiger partial charge >= 0.3 is 0 Å². The lowest BCUT2D eigenvalue weighted by atomic mass is 9.73. The molecule has 0 atom stereocenters. The first-order valence-electron chi connectivity index (χ1n) is 17.4. The number of nitrogens with zero attached hydrogens (tertiary/aromatic N) is 3. The van der Waals surface area contributed by atoms with Crippen LogP contribution in [0.5, 0.6) is 0 Å². The Hall–Kier alpha value is -5.31. The van der Waals surface area contributed by atoms with Crippen LogP contribution in [0.25, 0.3) is 10.4 Å². The zero-order valence-electron chi connectivity index (χ0n) is 29.4. The number of carbonyl (C=O) groups is 3. The van der Waals surface area contributed by atoms with Gasteiger partial charge in [-0.1, -0.05) is 17.7 Å². The Bertz CT molecular complexity index is 2250. The van der Waals surface area contributed by atoms with Crippen molar-refractivity contribution in [3.8, 4) is 10.4 Å². The van der Waals surface area contributed by atoms with Crippen molar-refractivity contribution in [2.75, 3.05) is 60.3 Å². The lowest BCUT2D eigenvalue weighted by molar-refractivity contribution is -0.000510. The molecule has 0 bridgehead atoms. The first-order valence-corrected chi connectivity index (χ1v) is 18.6. The summed E-state index contributed by atoms with van der Waals surface area (Å²) in [4.78, 5) is 44.9. The largest absolute Gasteiger partial charge is 0.381 e. The highest BCUT2D eigenvalue weighted by Gasteiger charge is 2.45. The Labute approximate surface area is 322 Å². The molecule has 5 aromatic rings. The number of hydrogen-bond donors (Lipinski definition) is 2. The zero-order chi connectivity index (χ0) is 38.9. The van der Waals surface area contributed by atoms with E-state index in [2.05, 4.69) is 20.5 Å². The molecule has 55 heavy (non-hydrogen) atoms. The molecule has 1 spiro atoms. The number of para-hydroxylation sites is 1. The van der Waals surface area contributed by atoms with E-state index >= 15 is 0 Å². The second kappa shape index (κ2) is 15.8. The van der Waals surface area contributed by atoms with E-state index < -0.39 is 29.2 Å². The molecule has 0 radical (unpaired) electrons. The standard InChI is InChI=1S/C20H13ClF4N2OS.C20H21N3O3/c1-27-6-5-9-7-14(20(28)26-18-10(21)3-2-4-11(18)22)29-19(9)15-13(27)8-12(23)16(24)17(15)25;24-12-15-3-5-16(6-4-15)22-19(25)17-2-1-9-21-18(17)23-13-20(14-23)7-10-26-11-8-20/h2-4,7-8H,5-6H2,1H3,(H,26,28);1-6,9,12H,7-8,10-11,13-14H2,(H,22,25). The molecular formula is C40H34ClF4N5O4S. The molecule has 2 amide bonds. The number of rotatable bonds is 6. The summed E-state index contributed by atoms with van der Waals surface area (Å²) >= 11 is 6.86. The fourth-order valence-corrected chi connectivity index (χ4v) is 8.31. The highest BCUT2D eigenvalue weighted by atomic mass is 35.5. The summed E-state index contributed by atoms with van der Waals surface area (Å²) in [5.74, 6) is -4.94. The third kappa shape index (κ3) is 7.80. The Morgan fingerprint density at radius 1 is 0.927 bits per heavy atom. The van der Waals surface area contributed by atoms with Gasteiger partial charge in [-0.25, -0.2) is 22.5 Å². The molecule has 284 valence electrons. The van der Waals surface area contributed by atoms with Gasteiger partial charge in [0.1, 0.15) is 17.9 Å². The number of hydrogen-bond acceptors (Lipinski definition) is 8. The van der Waals surface area contributed by atoms with Gasteiger partial charge in [-0.3, -0.25) is 14.4 Å². The van der Waals surface area contributed by atoms with E-state index in [1.807, 2.05) is 0 Å². The van der Waals surface area contributed by atoms with Crippen LogP contribution >= 0.6 is 22.9 Å². The first kappa shape index (κ1) is 38.0. The average Bonchev–Trinajstić information content (AvgIpc) is 3.56. The first-order chi connectivity index (χ1) is 26.5. The molecule has 0 unspecified atom stereocenters. The summed E-state index contributed by atoms with van der Waals surface area (Å²) in [7, 11) is 1.65. The van der Waals surface area contributed by atoms with Crippen molar-refractivity contribution in [1.82, 2.24) is 4.98 Å². The van der Waals surface area contributed by atoms with Crippen molar-refractivity contribution in [1.29, 1.82) is 0 Å². The van der Waals surface area contributed by atoms with Crippen LogP contribution in [-0.2, 0) is 11.2 Å². The Morgan fingerprint density at radius 3 is 2.38 bits per heavy atom. The van der Waals surface area contributed by atoms with E-state index in [1.54, 1.807) is 60.6 Å². The molecule has 5 heterocycles. The number of pyridine rings is 1. The molecule has 3 aromatic carbocycles. The maximum Gasteiger partial charge on any atom is 0.265 e. The Morgan fingerprint density at radius 2 is 1.67 bits per heavy atom. The highest BCUT2D eigenvalue weighted by molar-refractivity contribution is 7.17. The molecule has 15 heteroatoms. The number of fused-ring (bicyclic) bond motifs is 3. The smallest absolute Gasteiger partial charge is 0.265 e. The number of amides is 2. The maximum absolute atomic E-state index is 14.6. The summed E-state index contributed by atoms with van der Waals surface area (Å²) in [6.45, 7) is 3.89. The van der Waals surface area contributed by atoms with Gasteiger partial charge in [0.15, 0.2) is 17.5 Å². The average molecular weight is 792 g/mol. The monoisotopic (exact) mass is 791 g/mol. The summed E-state index contributed by atoms with van der Waals surface area (Å²) in [5, 5.41) is 5.33. The highest BCUT2D eigenvalue weighted by Crippen LogP contribution is 2.45. The van der Waals surface area contributed by atoms with Crippen LogP contribution in [0, 0.1) is 28.7 Å². The predicted octanol–water partition coefficient (Wildman–Crippen LogP) is 8.63. The van der Waals surface area contributed by atoms with Crippen molar-refractivity contribution in [2.24, 2.45) is 5.41 Å². The van der Waals surface area contributed by atoms with Crippen LogP contribution in [0.3, 0.4) is 0 Å². The molecule has 3 aliphatic heterocycles. The lowest BCUT2D eigenvalue weighted by Crippen LogP contribution is -2.59. The van der Waals surface area contributed by atoms with Gasteiger partial charge in [-0.15, -0.1) is 11.3 Å². The van der Waals surface area contributed by atoms with E-state index in [-0.39, 0.29) is 32.7 Å². The molecule has 2 saturated heterocycles. The molecule has 2 fully saturated rings. The molecule has 0 aliphatic carbocycles. The minimum Gasteiger partial charge on any atom is -0.381 e.